The van der Waals surface area contributed by atoms with Crippen LogP contribution in [0.2, 0.25) is 0 Å². The molecule has 0 aliphatic carbocycles. The molecule has 1 heterocycles. The van der Waals surface area contributed by atoms with Crippen molar-refractivity contribution >= 4 is 11.9 Å². The Hall–Kier alpha value is -1.92. The zero-order valence-corrected chi connectivity index (χ0v) is 13.1. The van der Waals surface area contributed by atoms with E-state index in [2.05, 4.69) is 5.32 Å². The Morgan fingerprint density at radius 2 is 2.13 bits per heavy atom. The van der Waals surface area contributed by atoms with E-state index in [0.717, 1.165) is 18.4 Å². The van der Waals surface area contributed by atoms with Gasteiger partial charge in [-0.15, -0.1) is 0 Å². The van der Waals surface area contributed by atoms with Gasteiger partial charge in [-0.2, -0.15) is 0 Å². The third kappa shape index (κ3) is 6.00. The molecule has 6 nitrogen and oxygen atoms in total. The van der Waals surface area contributed by atoms with Crippen LogP contribution in [0.15, 0.2) is 30.3 Å². The van der Waals surface area contributed by atoms with Crippen molar-refractivity contribution in [3.8, 4) is 0 Å². The molecule has 1 fully saturated rings. The third-order valence-corrected chi connectivity index (χ3v) is 3.83. The fourth-order valence-electron chi connectivity index (χ4n) is 2.58. The molecule has 1 saturated heterocycles. The van der Waals surface area contributed by atoms with E-state index in [1.165, 1.54) is 0 Å². The van der Waals surface area contributed by atoms with Crippen molar-refractivity contribution in [2.75, 3.05) is 19.8 Å². The fourth-order valence-corrected chi connectivity index (χ4v) is 2.58. The van der Waals surface area contributed by atoms with Crippen LogP contribution in [-0.2, 0) is 25.7 Å². The number of carbonyl (C=O) groups is 2. The lowest BCUT2D eigenvalue weighted by Gasteiger charge is -2.28. The summed E-state index contributed by atoms with van der Waals surface area (Å²) in [5.41, 5.74) is 1.04. The van der Waals surface area contributed by atoms with Crippen LogP contribution in [0, 0.1) is 5.92 Å². The Labute approximate surface area is 135 Å². The van der Waals surface area contributed by atoms with Crippen molar-refractivity contribution in [2.45, 2.75) is 31.9 Å². The van der Waals surface area contributed by atoms with E-state index < -0.39 is 12.0 Å². The Morgan fingerprint density at radius 3 is 2.78 bits per heavy atom. The molecular weight excluding hydrogens is 298 g/mol. The number of nitrogens with one attached hydrogen (secondary N) is 1. The Bertz CT molecular complexity index is 499. The van der Waals surface area contributed by atoms with E-state index in [-0.39, 0.29) is 24.9 Å². The average molecular weight is 321 g/mol. The lowest BCUT2D eigenvalue weighted by atomic mass is 9.93. The number of rotatable bonds is 8. The van der Waals surface area contributed by atoms with E-state index in [9.17, 15) is 14.7 Å². The second kappa shape index (κ2) is 9.27. The maximum Gasteiger partial charge on any atom is 0.326 e. The topological polar surface area (TPSA) is 84.9 Å². The first-order chi connectivity index (χ1) is 11.2. The minimum Gasteiger partial charge on any atom is -0.480 e. The van der Waals surface area contributed by atoms with Crippen molar-refractivity contribution in [1.29, 1.82) is 0 Å². The maximum atomic E-state index is 11.9. The molecule has 0 spiro atoms. The largest absolute Gasteiger partial charge is 0.480 e. The quantitative estimate of drug-likeness (QED) is 0.710. The van der Waals surface area contributed by atoms with Gasteiger partial charge in [0.15, 0.2) is 0 Å². The van der Waals surface area contributed by atoms with Crippen molar-refractivity contribution in [3.05, 3.63) is 35.9 Å². The monoisotopic (exact) mass is 321 g/mol. The molecular formula is C17H23NO5. The lowest BCUT2D eigenvalue weighted by Crippen LogP contribution is -2.48. The van der Waals surface area contributed by atoms with Gasteiger partial charge in [0.05, 0.1) is 19.8 Å². The van der Waals surface area contributed by atoms with Crippen LogP contribution in [-0.4, -0.2) is 42.8 Å². The van der Waals surface area contributed by atoms with E-state index in [4.69, 9.17) is 9.47 Å². The number of amides is 1. The standard InChI is InChI=1S/C17H23NO5/c19-15(8-10-23-11-13-5-2-1-3-6-13)18-16(17(20)21)14-7-4-9-22-12-14/h1-3,5-6,14,16H,4,7-12H2,(H,18,19)(H,20,21). The molecule has 23 heavy (non-hydrogen) atoms. The summed E-state index contributed by atoms with van der Waals surface area (Å²) in [6.07, 6.45) is 1.72. The molecule has 2 unspecified atom stereocenters. The number of hydrogen-bond acceptors (Lipinski definition) is 4. The Kier molecular flexibility index (Phi) is 7.03. The summed E-state index contributed by atoms with van der Waals surface area (Å²) in [6.45, 7) is 1.73. The first kappa shape index (κ1) is 17.4. The van der Waals surface area contributed by atoms with Crippen molar-refractivity contribution in [3.63, 3.8) is 0 Å². The van der Waals surface area contributed by atoms with Crippen molar-refractivity contribution < 1.29 is 24.2 Å². The summed E-state index contributed by atoms with van der Waals surface area (Å²) >= 11 is 0. The van der Waals surface area contributed by atoms with E-state index in [1.54, 1.807) is 0 Å². The first-order valence-electron chi connectivity index (χ1n) is 7.88. The van der Waals surface area contributed by atoms with Crippen LogP contribution in [0.25, 0.3) is 0 Å². The van der Waals surface area contributed by atoms with E-state index in [0.29, 0.717) is 19.8 Å². The summed E-state index contributed by atoms with van der Waals surface area (Å²) in [4.78, 5) is 23.3. The minimum absolute atomic E-state index is 0.143. The molecule has 1 aliphatic rings. The number of carbonyl (C=O) groups excluding carboxylic acids is 1. The van der Waals surface area contributed by atoms with Gasteiger partial charge in [0.1, 0.15) is 6.04 Å². The number of benzene rings is 1. The predicted molar refractivity (Wildman–Crippen MR) is 83.8 cm³/mol. The molecule has 1 amide bonds. The predicted octanol–water partition coefficient (Wildman–Crippen LogP) is 1.59. The number of aliphatic carboxylic acids is 1. The van der Waals surface area contributed by atoms with Gasteiger partial charge < -0.3 is 19.9 Å². The van der Waals surface area contributed by atoms with Gasteiger partial charge >= 0.3 is 5.97 Å². The zero-order valence-electron chi connectivity index (χ0n) is 13.1. The molecule has 0 radical (unpaired) electrons. The smallest absolute Gasteiger partial charge is 0.326 e. The molecule has 1 aromatic rings. The molecule has 6 heteroatoms. The van der Waals surface area contributed by atoms with Gasteiger partial charge in [-0.3, -0.25) is 4.79 Å². The summed E-state index contributed by atoms with van der Waals surface area (Å²) in [5.74, 6) is -1.49. The SMILES string of the molecule is O=C(CCOCc1ccccc1)NC(C(=O)O)C1CCCOC1. The van der Waals surface area contributed by atoms with Crippen LogP contribution >= 0.6 is 0 Å². The third-order valence-electron chi connectivity index (χ3n) is 3.83. The second-order valence-electron chi connectivity index (χ2n) is 5.65. The van der Waals surface area contributed by atoms with Gasteiger partial charge in [0.2, 0.25) is 5.91 Å². The molecule has 2 rings (SSSR count). The number of ether oxygens (including phenoxy) is 2. The molecule has 0 aromatic heterocycles. The lowest BCUT2D eigenvalue weighted by molar-refractivity contribution is -0.145. The van der Waals surface area contributed by atoms with Crippen molar-refractivity contribution in [1.82, 2.24) is 5.32 Å². The highest BCUT2D eigenvalue weighted by molar-refractivity contribution is 5.83. The van der Waals surface area contributed by atoms with Gasteiger partial charge in [0.25, 0.3) is 0 Å². The van der Waals surface area contributed by atoms with Crippen LogP contribution in [0.5, 0.6) is 0 Å². The highest BCUT2D eigenvalue weighted by atomic mass is 16.5. The second-order valence-corrected chi connectivity index (χ2v) is 5.65. The molecule has 0 saturated carbocycles. The molecule has 1 aliphatic heterocycles. The van der Waals surface area contributed by atoms with Gasteiger partial charge in [-0.25, -0.2) is 4.79 Å². The molecule has 126 valence electrons. The van der Waals surface area contributed by atoms with E-state index >= 15 is 0 Å². The highest BCUT2D eigenvalue weighted by Crippen LogP contribution is 2.18. The Balaban J connectivity index is 1.70. The number of carboxylic acid groups (broad SMARTS) is 1. The van der Waals surface area contributed by atoms with Gasteiger partial charge in [0, 0.05) is 18.9 Å². The summed E-state index contributed by atoms with van der Waals surface area (Å²) in [6, 6.07) is 8.78. The molecule has 2 atom stereocenters. The normalized spacial score (nSPS) is 19.0. The van der Waals surface area contributed by atoms with Gasteiger partial charge in [-0.1, -0.05) is 30.3 Å². The fraction of sp³-hybridized carbons (Fsp3) is 0.529. The van der Waals surface area contributed by atoms with Crippen LogP contribution in [0.1, 0.15) is 24.8 Å². The number of carboxylic acids is 1. The summed E-state index contributed by atoms with van der Waals surface area (Å²) in [7, 11) is 0. The van der Waals surface area contributed by atoms with E-state index in [1.807, 2.05) is 30.3 Å². The zero-order chi connectivity index (χ0) is 16.5. The van der Waals surface area contributed by atoms with Crippen molar-refractivity contribution in [2.24, 2.45) is 5.92 Å². The minimum atomic E-state index is -1.01. The van der Waals surface area contributed by atoms with Crippen LogP contribution < -0.4 is 5.32 Å². The molecule has 0 bridgehead atoms. The summed E-state index contributed by atoms with van der Waals surface area (Å²) < 4.78 is 10.7. The van der Waals surface area contributed by atoms with Crippen LogP contribution in [0.3, 0.4) is 0 Å². The maximum absolute atomic E-state index is 11.9. The Morgan fingerprint density at radius 1 is 1.35 bits per heavy atom. The highest BCUT2D eigenvalue weighted by Gasteiger charge is 2.31. The number of hydrogen-bond donors (Lipinski definition) is 2. The van der Waals surface area contributed by atoms with Gasteiger partial charge in [-0.05, 0) is 18.4 Å². The first-order valence-corrected chi connectivity index (χ1v) is 7.88. The average Bonchev–Trinajstić information content (AvgIpc) is 2.58. The molecule has 1 aromatic carbocycles. The summed E-state index contributed by atoms with van der Waals surface area (Å²) in [5, 5.41) is 11.9. The molecule has 2 N–H and O–H groups in total. The van der Waals surface area contributed by atoms with Crippen LogP contribution in [0.4, 0.5) is 0 Å².